The van der Waals surface area contributed by atoms with Crippen molar-refractivity contribution < 1.29 is 4.39 Å². The molecule has 0 aliphatic heterocycles. The highest BCUT2D eigenvalue weighted by atomic mass is 32.1. The van der Waals surface area contributed by atoms with Gasteiger partial charge in [0.1, 0.15) is 5.82 Å². The first-order valence-corrected chi connectivity index (χ1v) is 8.68. The summed E-state index contributed by atoms with van der Waals surface area (Å²) in [5, 5.41) is 0.984. The van der Waals surface area contributed by atoms with Gasteiger partial charge in [-0.1, -0.05) is 26.2 Å². The quantitative estimate of drug-likeness (QED) is 0.631. The third kappa shape index (κ3) is 3.12. The largest absolute Gasteiger partial charge is 0.271 e. The van der Waals surface area contributed by atoms with E-state index < -0.39 is 0 Å². The maximum atomic E-state index is 13.3. The highest BCUT2D eigenvalue weighted by molar-refractivity contribution is 7.19. The van der Waals surface area contributed by atoms with Crippen molar-refractivity contribution in [2.45, 2.75) is 45.1 Å². The van der Waals surface area contributed by atoms with Crippen molar-refractivity contribution in [3.63, 3.8) is 0 Å². The first-order valence-electron chi connectivity index (χ1n) is 7.86. The molecule has 1 aromatic carbocycles. The van der Waals surface area contributed by atoms with Gasteiger partial charge in [0.15, 0.2) is 0 Å². The van der Waals surface area contributed by atoms with Crippen molar-refractivity contribution in [2.75, 3.05) is 0 Å². The van der Waals surface area contributed by atoms with Gasteiger partial charge in [0.05, 0.1) is 6.04 Å². The molecule has 1 saturated carbocycles. The summed E-state index contributed by atoms with van der Waals surface area (Å²) in [4.78, 5) is 1.24. The van der Waals surface area contributed by atoms with Gasteiger partial charge in [0.2, 0.25) is 0 Å². The Morgan fingerprint density at radius 2 is 2.24 bits per heavy atom. The number of hydrogen-bond donors (Lipinski definition) is 2. The van der Waals surface area contributed by atoms with Crippen LogP contribution in [-0.2, 0) is 0 Å². The Kier molecular flexibility index (Phi) is 4.57. The first kappa shape index (κ1) is 14.9. The number of thiophene rings is 1. The van der Waals surface area contributed by atoms with Gasteiger partial charge in [-0.05, 0) is 54.3 Å². The SMILES string of the molecule is CCC1CCCC(C(NN)c2cc3cc(F)ccc3s2)C1. The van der Waals surface area contributed by atoms with E-state index >= 15 is 0 Å². The molecule has 114 valence electrons. The van der Waals surface area contributed by atoms with Crippen LogP contribution in [0, 0.1) is 17.7 Å². The number of halogens is 1. The molecule has 2 nitrogen and oxygen atoms in total. The number of nitrogens with one attached hydrogen (secondary N) is 1. The minimum atomic E-state index is -0.173. The summed E-state index contributed by atoms with van der Waals surface area (Å²) < 4.78 is 14.5. The minimum absolute atomic E-state index is 0.173. The predicted octanol–water partition coefficient (Wildman–Crippen LogP) is 4.76. The van der Waals surface area contributed by atoms with Gasteiger partial charge in [-0.15, -0.1) is 11.3 Å². The van der Waals surface area contributed by atoms with Crippen LogP contribution in [0.2, 0.25) is 0 Å². The van der Waals surface area contributed by atoms with Crippen LogP contribution in [0.4, 0.5) is 4.39 Å². The molecule has 0 bridgehead atoms. The first-order chi connectivity index (χ1) is 10.2. The van der Waals surface area contributed by atoms with E-state index in [0.717, 1.165) is 16.0 Å². The Hall–Kier alpha value is -0.970. The number of fused-ring (bicyclic) bond motifs is 1. The second-order valence-electron chi connectivity index (χ2n) is 6.18. The number of hydrazine groups is 1. The molecule has 1 heterocycles. The van der Waals surface area contributed by atoms with Crippen LogP contribution in [0.15, 0.2) is 24.3 Å². The lowest BCUT2D eigenvalue weighted by molar-refractivity contribution is 0.212. The summed E-state index contributed by atoms with van der Waals surface area (Å²) in [6.07, 6.45) is 6.37. The average molecular weight is 306 g/mol. The Morgan fingerprint density at radius 3 is 3.00 bits per heavy atom. The lowest BCUT2D eigenvalue weighted by Gasteiger charge is -2.33. The topological polar surface area (TPSA) is 38.0 Å². The van der Waals surface area contributed by atoms with Gasteiger partial charge in [0, 0.05) is 9.58 Å². The second-order valence-corrected chi connectivity index (χ2v) is 7.29. The standard InChI is InChI=1S/C17H23FN2S/c1-2-11-4-3-5-12(8-11)17(20-19)16-10-13-9-14(18)6-7-15(13)21-16/h6-7,9-12,17,20H,2-5,8,19H2,1H3. The summed E-state index contributed by atoms with van der Waals surface area (Å²) in [5.74, 6) is 7.10. The molecule has 1 aliphatic carbocycles. The summed E-state index contributed by atoms with van der Waals surface area (Å²) >= 11 is 1.73. The van der Waals surface area contributed by atoms with E-state index in [2.05, 4.69) is 18.4 Å². The van der Waals surface area contributed by atoms with Crippen molar-refractivity contribution in [1.82, 2.24) is 5.43 Å². The highest BCUT2D eigenvalue weighted by Crippen LogP contribution is 2.41. The van der Waals surface area contributed by atoms with Crippen LogP contribution >= 0.6 is 11.3 Å². The molecule has 0 amide bonds. The smallest absolute Gasteiger partial charge is 0.123 e. The molecule has 3 rings (SSSR count). The fourth-order valence-electron chi connectivity index (χ4n) is 3.64. The molecule has 0 radical (unpaired) electrons. The number of rotatable bonds is 4. The van der Waals surface area contributed by atoms with Gasteiger partial charge in [-0.2, -0.15) is 0 Å². The maximum Gasteiger partial charge on any atom is 0.123 e. The number of nitrogens with two attached hydrogens (primary N) is 1. The molecule has 1 fully saturated rings. The molecule has 1 aliphatic rings. The van der Waals surface area contributed by atoms with Crippen molar-refractivity contribution in [3.8, 4) is 0 Å². The van der Waals surface area contributed by atoms with Gasteiger partial charge < -0.3 is 0 Å². The molecule has 3 atom stereocenters. The lowest BCUT2D eigenvalue weighted by atomic mass is 9.76. The van der Waals surface area contributed by atoms with Crippen LogP contribution in [0.3, 0.4) is 0 Å². The average Bonchev–Trinajstić information content (AvgIpc) is 2.91. The summed E-state index contributed by atoms with van der Waals surface area (Å²) in [5.41, 5.74) is 3.02. The van der Waals surface area contributed by atoms with E-state index in [9.17, 15) is 4.39 Å². The molecular formula is C17H23FN2S. The molecule has 21 heavy (non-hydrogen) atoms. The minimum Gasteiger partial charge on any atom is -0.271 e. The molecular weight excluding hydrogens is 283 g/mol. The van der Waals surface area contributed by atoms with E-state index in [1.54, 1.807) is 17.4 Å². The molecule has 2 aromatic rings. The zero-order valence-electron chi connectivity index (χ0n) is 12.4. The Morgan fingerprint density at radius 1 is 1.38 bits per heavy atom. The molecule has 4 heteroatoms. The molecule has 3 unspecified atom stereocenters. The molecule has 0 saturated heterocycles. The third-order valence-corrected chi connectivity index (χ3v) is 6.05. The van der Waals surface area contributed by atoms with Crippen molar-refractivity contribution in [2.24, 2.45) is 17.7 Å². The van der Waals surface area contributed by atoms with Gasteiger partial charge >= 0.3 is 0 Å². The van der Waals surface area contributed by atoms with Crippen LogP contribution in [-0.4, -0.2) is 0 Å². The number of hydrogen-bond acceptors (Lipinski definition) is 3. The van der Waals surface area contributed by atoms with E-state index in [4.69, 9.17) is 5.84 Å². The summed E-state index contributed by atoms with van der Waals surface area (Å²) in [7, 11) is 0. The highest BCUT2D eigenvalue weighted by Gasteiger charge is 2.29. The molecule has 3 N–H and O–H groups in total. The van der Waals surface area contributed by atoms with Crippen LogP contribution in [0.1, 0.15) is 49.9 Å². The molecule has 0 spiro atoms. The fourth-order valence-corrected chi connectivity index (χ4v) is 4.84. The van der Waals surface area contributed by atoms with Crippen molar-refractivity contribution in [1.29, 1.82) is 0 Å². The van der Waals surface area contributed by atoms with E-state index in [1.165, 1.54) is 43.0 Å². The zero-order valence-corrected chi connectivity index (χ0v) is 13.3. The lowest BCUT2D eigenvalue weighted by Crippen LogP contribution is -2.35. The Balaban J connectivity index is 1.87. The Bertz CT molecular complexity index is 610. The van der Waals surface area contributed by atoms with Crippen LogP contribution < -0.4 is 11.3 Å². The summed E-state index contributed by atoms with van der Waals surface area (Å²) in [6.45, 7) is 2.28. The van der Waals surface area contributed by atoms with Gasteiger partial charge in [-0.25, -0.2) is 4.39 Å². The monoisotopic (exact) mass is 306 g/mol. The van der Waals surface area contributed by atoms with Crippen LogP contribution in [0.5, 0.6) is 0 Å². The summed E-state index contributed by atoms with van der Waals surface area (Å²) in [6, 6.07) is 7.30. The third-order valence-electron chi connectivity index (χ3n) is 4.86. The second kappa shape index (κ2) is 6.42. The van der Waals surface area contributed by atoms with E-state index in [-0.39, 0.29) is 11.9 Å². The van der Waals surface area contributed by atoms with Crippen molar-refractivity contribution >= 4 is 21.4 Å². The van der Waals surface area contributed by atoms with E-state index in [1.807, 2.05) is 6.07 Å². The van der Waals surface area contributed by atoms with Crippen molar-refractivity contribution in [3.05, 3.63) is 35.0 Å². The van der Waals surface area contributed by atoms with Gasteiger partial charge in [0.25, 0.3) is 0 Å². The molecule has 1 aromatic heterocycles. The van der Waals surface area contributed by atoms with E-state index in [0.29, 0.717) is 5.92 Å². The number of benzene rings is 1. The zero-order chi connectivity index (χ0) is 14.8. The van der Waals surface area contributed by atoms with Crippen LogP contribution in [0.25, 0.3) is 10.1 Å². The normalized spacial score (nSPS) is 24.3. The fraction of sp³-hybridized carbons (Fsp3) is 0.529. The van der Waals surface area contributed by atoms with Gasteiger partial charge in [-0.3, -0.25) is 11.3 Å². The maximum absolute atomic E-state index is 13.3. The Labute approximate surface area is 129 Å². The predicted molar refractivity (Wildman–Crippen MR) is 87.6 cm³/mol.